The van der Waals surface area contributed by atoms with Crippen molar-refractivity contribution in [2.24, 2.45) is 0 Å². The van der Waals surface area contributed by atoms with Gasteiger partial charge in [0.15, 0.2) is 0 Å². The molecule has 0 aliphatic heterocycles. The average molecular weight is 305 g/mol. The van der Waals surface area contributed by atoms with Crippen LogP contribution in [0.4, 0.5) is 4.79 Å². The molecule has 0 saturated carbocycles. The van der Waals surface area contributed by atoms with E-state index < -0.39 is 6.09 Å². The summed E-state index contributed by atoms with van der Waals surface area (Å²) in [5.74, 6) is 0. The van der Waals surface area contributed by atoms with Gasteiger partial charge >= 0.3 is 6.09 Å². The van der Waals surface area contributed by atoms with Gasteiger partial charge < -0.3 is 15.0 Å². The van der Waals surface area contributed by atoms with Crippen LogP contribution >= 0.6 is 0 Å². The van der Waals surface area contributed by atoms with Crippen molar-refractivity contribution in [1.82, 2.24) is 9.88 Å². The first-order valence-electron chi connectivity index (χ1n) is 7.17. The minimum atomic E-state index is -1.03. The largest absolute Gasteiger partial charge is 0.465 e. The maximum atomic E-state index is 10.6. The summed E-state index contributed by atoms with van der Waals surface area (Å²) in [7, 11) is 0. The summed E-state index contributed by atoms with van der Waals surface area (Å²) in [6.45, 7) is 2.31. The Morgan fingerprint density at radius 3 is 2.61 bits per heavy atom. The van der Waals surface area contributed by atoms with E-state index >= 15 is 0 Å². The molecular formula is C18H15N3O2. The van der Waals surface area contributed by atoms with Crippen molar-refractivity contribution in [3.63, 3.8) is 0 Å². The molecule has 5 heteroatoms. The number of aromatic nitrogens is 1. The van der Waals surface area contributed by atoms with Crippen molar-refractivity contribution in [2.45, 2.75) is 13.5 Å². The molecule has 1 amide bonds. The highest BCUT2D eigenvalue weighted by molar-refractivity contribution is 5.84. The number of carbonyl (C=O) groups is 1. The van der Waals surface area contributed by atoms with Gasteiger partial charge in [-0.1, -0.05) is 6.07 Å². The van der Waals surface area contributed by atoms with E-state index in [0.717, 1.165) is 27.8 Å². The lowest BCUT2D eigenvalue weighted by molar-refractivity contribution is 0.194. The van der Waals surface area contributed by atoms with Gasteiger partial charge in [0, 0.05) is 23.3 Å². The summed E-state index contributed by atoms with van der Waals surface area (Å²) in [4.78, 5) is 10.6. The summed E-state index contributed by atoms with van der Waals surface area (Å²) < 4.78 is 2.12. The quantitative estimate of drug-likeness (QED) is 0.776. The van der Waals surface area contributed by atoms with Crippen LogP contribution in [0.5, 0.6) is 0 Å². The zero-order valence-electron chi connectivity index (χ0n) is 12.6. The predicted molar refractivity (Wildman–Crippen MR) is 87.6 cm³/mol. The van der Waals surface area contributed by atoms with Crippen LogP contribution in [0, 0.1) is 18.3 Å². The van der Waals surface area contributed by atoms with Gasteiger partial charge in [-0.3, -0.25) is 0 Å². The smallest absolute Gasteiger partial charge is 0.404 e. The number of nitriles is 1. The molecule has 23 heavy (non-hydrogen) atoms. The first kappa shape index (κ1) is 14.7. The van der Waals surface area contributed by atoms with Gasteiger partial charge in [-0.25, -0.2) is 4.79 Å². The molecule has 0 aliphatic rings. The molecular weight excluding hydrogens is 290 g/mol. The second kappa shape index (κ2) is 5.85. The van der Waals surface area contributed by atoms with Crippen LogP contribution in [0.25, 0.3) is 16.6 Å². The lowest BCUT2D eigenvalue weighted by atomic mass is 10.1. The summed E-state index contributed by atoms with van der Waals surface area (Å²) >= 11 is 0. The Labute approximate surface area is 133 Å². The number of aryl methyl sites for hydroxylation is 1. The van der Waals surface area contributed by atoms with E-state index in [1.807, 2.05) is 37.3 Å². The van der Waals surface area contributed by atoms with E-state index in [9.17, 15) is 4.79 Å². The van der Waals surface area contributed by atoms with Crippen LogP contribution in [0.2, 0.25) is 0 Å². The molecule has 0 bridgehead atoms. The Kier molecular flexibility index (Phi) is 3.73. The summed E-state index contributed by atoms with van der Waals surface area (Å²) in [6.07, 6.45) is -1.03. The maximum Gasteiger partial charge on any atom is 0.404 e. The zero-order chi connectivity index (χ0) is 16.4. The molecule has 3 aromatic rings. The SMILES string of the molecule is Cc1cc2cc(CNC(=O)O)ccc2n1-c1ccc(C#N)cc1. The van der Waals surface area contributed by atoms with Gasteiger partial charge in [0.1, 0.15) is 0 Å². The number of fused-ring (bicyclic) bond motifs is 1. The molecule has 0 unspecified atom stereocenters. The molecule has 0 aliphatic carbocycles. The highest BCUT2D eigenvalue weighted by Crippen LogP contribution is 2.25. The summed E-state index contributed by atoms with van der Waals surface area (Å²) in [5, 5.41) is 21.0. The Morgan fingerprint density at radius 2 is 1.96 bits per heavy atom. The molecule has 5 nitrogen and oxygen atoms in total. The minimum absolute atomic E-state index is 0.284. The van der Waals surface area contributed by atoms with Crippen LogP contribution in [-0.4, -0.2) is 15.8 Å². The number of hydrogen-bond donors (Lipinski definition) is 2. The Hall–Kier alpha value is -3.26. The van der Waals surface area contributed by atoms with Crippen molar-refractivity contribution >= 4 is 17.0 Å². The van der Waals surface area contributed by atoms with Crippen LogP contribution in [-0.2, 0) is 6.54 Å². The predicted octanol–water partition coefficient (Wildman–Crippen LogP) is 3.58. The number of nitrogens with one attached hydrogen (secondary N) is 1. The summed E-state index contributed by atoms with van der Waals surface area (Å²) in [6, 6.07) is 17.5. The number of amides is 1. The van der Waals surface area contributed by atoms with E-state index in [2.05, 4.69) is 22.0 Å². The number of carboxylic acid groups (broad SMARTS) is 1. The minimum Gasteiger partial charge on any atom is -0.465 e. The molecule has 0 atom stereocenters. The van der Waals surface area contributed by atoms with Gasteiger partial charge in [-0.05, 0) is 55.0 Å². The van der Waals surface area contributed by atoms with Crippen molar-refractivity contribution in [3.05, 3.63) is 65.4 Å². The van der Waals surface area contributed by atoms with Crippen LogP contribution in [0.3, 0.4) is 0 Å². The van der Waals surface area contributed by atoms with Crippen molar-refractivity contribution in [1.29, 1.82) is 5.26 Å². The summed E-state index contributed by atoms with van der Waals surface area (Å²) in [5.41, 5.74) is 4.66. The molecule has 114 valence electrons. The zero-order valence-corrected chi connectivity index (χ0v) is 12.6. The Morgan fingerprint density at radius 1 is 1.22 bits per heavy atom. The normalized spacial score (nSPS) is 10.4. The molecule has 3 rings (SSSR count). The number of hydrogen-bond acceptors (Lipinski definition) is 2. The first-order valence-corrected chi connectivity index (χ1v) is 7.17. The van der Waals surface area contributed by atoms with Crippen molar-refractivity contribution < 1.29 is 9.90 Å². The molecule has 1 heterocycles. The highest BCUT2D eigenvalue weighted by Gasteiger charge is 2.09. The van der Waals surface area contributed by atoms with Gasteiger partial charge in [0.2, 0.25) is 0 Å². The first-order chi connectivity index (χ1) is 11.1. The third-order valence-corrected chi connectivity index (χ3v) is 3.75. The number of benzene rings is 2. The van der Waals surface area contributed by atoms with Crippen LogP contribution in [0.1, 0.15) is 16.8 Å². The lowest BCUT2D eigenvalue weighted by Gasteiger charge is -2.09. The maximum absolute atomic E-state index is 10.6. The van der Waals surface area contributed by atoms with Crippen molar-refractivity contribution in [3.8, 4) is 11.8 Å². The fourth-order valence-corrected chi connectivity index (χ4v) is 2.72. The van der Waals surface area contributed by atoms with E-state index in [-0.39, 0.29) is 6.54 Å². The van der Waals surface area contributed by atoms with E-state index in [4.69, 9.17) is 10.4 Å². The Balaban J connectivity index is 2.02. The molecule has 2 aromatic carbocycles. The van der Waals surface area contributed by atoms with Crippen molar-refractivity contribution in [2.75, 3.05) is 0 Å². The average Bonchev–Trinajstić information content (AvgIpc) is 2.88. The molecule has 0 fully saturated rings. The molecule has 2 N–H and O–H groups in total. The second-order valence-electron chi connectivity index (χ2n) is 5.33. The monoisotopic (exact) mass is 305 g/mol. The molecule has 0 saturated heterocycles. The fourth-order valence-electron chi connectivity index (χ4n) is 2.72. The molecule has 0 spiro atoms. The number of rotatable bonds is 3. The fraction of sp³-hybridized carbons (Fsp3) is 0.111. The topological polar surface area (TPSA) is 78.0 Å². The molecule has 0 radical (unpaired) electrons. The van der Waals surface area contributed by atoms with Crippen LogP contribution < -0.4 is 5.32 Å². The van der Waals surface area contributed by atoms with E-state index in [1.165, 1.54) is 0 Å². The number of nitrogens with zero attached hydrogens (tertiary/aromatic N) is 2. The van der Waals surface area contributed by atoms with Gasteiger partial charge in [0.05, 0.1) is 17.1 Å². The van der Waals surface area contributed by atoms with Crippen LogP contribution in [0.15, 0.2) is 48.5 Å². The second-order valence-corrected chi connectivity index (χ2v) is 5.33. The highest BCUT2D eigenvalue weighted by atomic mass is 16.4. The molecule has 1 aromatic heterocycles. The van der Waals surface area contributed by atoms with E-state index in [0.29, 0.717) is 5.56 Å². The van der Waals surface area contributed by atoms with Gasteiger partial charge in [-0.2, -0.15) is 5.26 Å². The van der Waals surface area contributed by atoms with Gasteiger partial charge in [0.25, 0.3) is 0 Å². The third kappa shape index (κ3) is 2.87. The lowest BCUT2D eigenvalue weighted by Crippen LogP contribution is -2.19. The Bertz CT molecular complexity index is 918. The van der Waals surface area contributed by atoms with E-state index in [1.54, 1.807) is 12.1 Å². The standard InChI is InChI=1S/C18H15N3O2/c1-12-8-15-9-14(11-20-18(22)23)4-7-17(15)21(12)16-5-2-13(10-19)3-6-16/h2-9,20H,11H2,1H3,(H,22,23). The third-order valence-electron chi connectivity index (χ3n) is 3.75. The van der Waals surface area contributed by atoms with Gasteiger partial charge in [-0.15, -0.1) is 0 Å².